The molecule has 1 heterocycles. The Labute approximate surface area is 214 Å². The highest BCUT2D eigenvalue weighted by Gasteiger charge is 2.33. The van der Waals surface area contributed by atoms with Gasteiger partial charge in [-0.05, 0) is 78.0 Å². The minimum atomic E-state index is -0.478. The van der Waals surface area contributed by atoms with E-state index in [2.05, 4.69) is 5.43 Å². The van der Waals surface area contributed by atoms with Crippen LogP contribution in [-0.2, 0) is 11.4 Å². The van der Waals surface area contributed by atoms with Crippen LogP contribution in [0.1, 0.15) is 21.5 Å². The minimum absolute atomic E-state index is 0.0214. The summed E-state index contributed by atoms with van der Waals surface area (Å²) in [7, 11) is 0. The highest BCUT2D eigenvalue weighted by Crippen LogP contribution is 2.32. The number of hydrazine groups is 1. The lowest BCUT2D eigenvalue weighted by Gasteiger charge is -2.15. The van der Waals surface area contributed by atoms with E-state index in [4.69, 9.17) is 28.6 Å². The van der Waals surface area contributed by atoms with Crippen LogP contribution >= 0.6 is 35.6 Å². The molecule has 1 fully saturated rings. The first-order valence-electron chi connectivity index (χ1n) is 10.1. The first-order chi connectivity index (χ1) is 16.8. The fraction of sp³-hybridized carbons (Fsp3) is 0.0417. The van der Waals surface area contributed by atoms with Gasteiger partial charge in [-0.2, -0.15) is 5.01 Å². The molecule has 3 aromatic carbocycles. The van der Waals surface area contributed by atoms with Gasteiger partial charge in [0.05, 0.1) is 9.83 Å². The Balaban J connectivity index is 1.37. The molecule has 0 saturated carbocycles. The SMILES string of the molecule is O=C(NN1C(=O)/C(=C\c2ccc(OCc3ccc([N+](=O)[O-])cc3)cc2)SC1=S)c1ccc(Cl)cc1. The molecule has 0 spiro atoms. The average Bonchev–Trinajstić information content (AvgIpc) is 3.11. The zero-order valence-corrected chi connectivity index (χ0v) is 20.2. The van der Waals surface area contributed by atoms with Crippen LogP contribution in [0.2, 0.25) is 5.02 Å². The number of nitro groups is 1. The maximum absolute atomic E-state index is 12.8. The molecule has 0 radical (unpaired) electrons. The third kappa shape index (κ3) is 6.04. The Kier molecular flexibility index (Phi) is 7.45. The van der Waals surface area contributed by atoms with E-state index in [1.54, 1.807) is 66.7 Å². The van der Waals surface area contributed by atoms with E-state index in [-0.39, 0.29) is 16.6 Å². The smallest absolute Gasteiger partial charge is 0.285 e. The quantitative estimate of drug-likeness (QED) is 0.191. The van der Waals surface area contributed by atoms with E-state index >= 15 is 0 Å². The van der Waals surface area contributed by atoms with Crippen LogP contribution in [0, 0.1) is 10.1 Å². The maximum atomic E-state index is 12.8. The summed E-state index contributed by atoms with van der Waals surface area (Å²) in [5.74, 6) is -0.308. The number of carbonyl (C=O) groups excluding carboxylic acids is 2. The second-order valence-electron chi connectivity index (χ2n) is 7.25. The number of nitrogens with zero attached hydrogens (tertiary/aromatic N) is 2. The molecule has 4 rings (SSSR count). The molecule has 0 bridgehead atoms. The van der Waals surface area contributed by atoms with Crippen LogP contribution in [0.5, 0.6) is 5.75 Å². The van der Waals surface area contributed by atoms with E-state index in [0.29, 0.717) is 21.2 Å². The van der Waals surface area contributed by atoms with Gasteiger partial charge in [0.15, 0.2) is 4.32 Å². The van der Waals surface area contributed by atoms with E-state index < -0.39 is 16.7 Å². The van der Waals surface area contributed by atoms with Crippen molar-refractivity contribution in [1.82, 2.24) is 10.4 Å². The highest BCUT2D eigenvalue weighted by atomic mass is 35.5. The lowest BCUT2D eigenvalue weighted by molar-refractivity contribution is -0.384. The Morgan fingerprint density at radius 1 is 1.09 bits per heavy atom. The Morgan fingerprint density at radius 2 is 1.74 bits per heavy atom. The molecule has 0 aromatic heterocycles. The maximum Gasteiger partial charge on any atom is 0.285 e. The van der Waals surface area contributed by atoms with Gasteiger partial charge in [-0.15, -0.1) is 0 Å². The van der Waals surface area contributed by atoms with Gasteiger partial charge >= 0.3 is 0 Å². The van der Waals surface area contributed by atoms with E-state index in [9.17, 15) is 19.7 Å². The predicted octanol–water partition coefficient (Wildman–Crippen LogP) is 5.37. The van der Waals surface area contributed by atoms with Crippen LogP contribution in [-0.4, -0.2) is 26.1 Å². The number of halogens is 1. The molecule has 1 saturated heterocycles. The van der Waals surface area contributed by atoms with E-state index in [0.717, 1.165) is 27.9 Å². The minimum Gasteiger partial charge on any atom is -0.489 e. The Morgan fingerprint density at radius 3 is 2.37 bits per heavy atom. The monoisotopic (exact) mass is 525 g/mol. The van der Waals surface area contributed by atoms with Crippen molar-refractivity contribution in [2.24, 2.45) is 0 Å². The number of nitrogens with one attached hydrogen (secondary N) is 1. The normalized spacial score (nSPS) is 14.3. The van der Waals surface area contributed by atoms with Crippen molar-refractivity contribution in [3.05, 3.63) is 110 Å². The van der Waals surface area contributed by atoms with Gasteiger partial charge in [0.1, 0.15) is 12.4 Å². The van der Waals surface area contributed by atoms with Crippen LogP contribution in [0.25, 0.3) is 6.08 Å². The number of non-ortho nitro benzene ring substituents is 1. The molecular weight excluding hydrogens is 510 g/mol. The number of rotatable bonds is 7. The number of thioether (sulfide) groups is 1. The fourth-order valence-electron chi connectivity index (χ4n) is 3.02. The largest absolute Gasteiger partial charge is 0.489 e. The zero-order valence-electron chi connectivity index (χ0n) is 17.8. The molecule has 11 heteroatoms. The molecule has 176 valence electrons. The van der Waals surface area contributed by atoms with Crippen molar-refractivity contribution in [2.45, 2.75) is 6.61 Å². The molecule has 1 aliphatic heterocycles. The molecule has 2 amide bonds. The van der Waals surface area contributed by atoms with Crippen molar-refractivity contribution in [3.8, 4) is 5.75 Å². The van der Waals surface area contributed by atoms with Gasteiger partial charge in [-0.3, -0.25) is 25.1 Å². The van der Waals surface area contributed by atoms with Crippen molar-refractivity contribution in [1.29, 1.82) is 0 Å². The van der Waals surface area contributed by atoms with Crippen molar-refractivity contribution >= 4 is 63.5 Å². The Hall–Kier alpha value is -3.73. The first-order valence-corrected chi connectivity index (χ1v) is 11.7. The number of benzene rings is 3. The molecule has 3 aromatic rings. The summed E-state index contributed by atoms with van der Waals surface area (Å²) in [6.45, 7) is 0.253. The summed E-state index contributed by atoms with van der Waals surface area (Å²) in [5, 5.41) is 12.3. The fourth-order valence-corrected chi connectivity index (χ4v) is 4.33. The van der Waals surface area contributed by atoms with Gasteiger partial charge in [-0.25, -0.2) is 0 Å². The molecule has 0 aliphatic carbocycles. The van der Waals surface area contributed by atoms with Crippen LogP contribution in [0.15, 0.2) is 77.7 Å². The molecule has 1 N–H and O–H groups in total. The zero-order chi connectivity index (χ0) is 24.9. The summed E-state index contributed by atoms with van der Waals surface area (Å²) in [6, 6.07) is 19.5. The Bertz CT molecular complexity index is 1330. The van der Waals surface area contributed by atoms with E-state index in [1.807, 2.05) is 0 Å². The van der Waals surface area contributed by atoms with Crippen molar-refractivity contribution in [2.75, 3.05) is 0 Å². The number of amides is 2. The van der Waals surface area contributed by atoms with Crippen molar-refractivity contribution < 1.29 is 19.2 Å². The number of carbonyl (C=O) groups is 2. The molecule has 35 heavy (non-hydrogen) atoms. The van der Waals surface area contributed by atoms with Gasteiger partial charge < -0.3 is 4.74 Å². The molecule has 8 nitrogen and oxygen atoms in total. The van der Waals surface area contributed by atoms with Crippen LogP contribution < -0.4 is 10.2 Å². The molecule has 1 aliphatic rings. The summed E-state index contributed by atoms with van der Waals surface area (Å²) in [4.78, 5) is 35.9. The summed E-state index contributed by atoms with van der Waals surface area (Å²) in [6.07, 6.45) is 1.67. The summed E-state index contributed by atoms with van der Waals surface area (Å²) >= 11 is 12.2. The van der Waals surface area contributed by atoms with Gasteiger partial charge in [0.25, 0.3) is 17.5 Å². The van der Waals surface area contributed by atoms with E-state index in [1.165, 1.54) is 12.1 Å². The number of nitro benzene ring substituents is 1. The third-order valence-electron chi connectivity index (χ3n) is 4.84. The summed E-state index contributed by atoms with van der Waals surface area (Å²) < 4.78 is 5.93. The lowest BCUT2D eigenvalue weighted by Crippen LogP contribution is -2.44. The van der Waals surface area contributed by atoms with Gasteiger partial charge in [0.2, 0.25) is 0 Å². The van der Waals surface area contributed by atoms with Crippen LogP contribution in [0.4, 0.5) is 5.69 Å². The van der Waals surface area contributed by atoms with Crippen molar-refractivity contribution in [3.63, 3.8) is 0 Å². The van der Waals surface area contributed by atoms with Crippen LogP contribution in [0.3, 0.4) is 0 Å². The third-order valence-corrected chi connectivity index (χ3v) is 6.40. The topological polar surface area (TPSA) is 102 Å². The predicted molar refractivity (Wildman–Crippen MR) is 138 cm³/mol. The number of ether oxygens (including phenoxy) is 1. The molecular formula is C24H16ClN3O5S2. The number of thiocarbonyl (C=S) groups is 1. The second-order valence-corrected chi connectivity index (χ2v) is 9.36. The number of hydrogen-bond donors (Lipinski definition) is 1. The number of hydrogen-bond acceptors (Lipinski definition) is 7. The highest BCUT2D eigenvalue weighted by molar-refractivity contribution is 8.26. The van der Waals surface area contributed by atoms with Gasteiger partial charge in [-0.1, -0.05) is 35.5 Å². The second kappa shape index (κ2) is 10.7. The standard InChI is InChI=1S/C24H16ClN3O5S2/c25-18-7-5-17(6-8-18)22(29)26-27-23(30)21(35-24(27)34)13-15-3-11-20(12-4-15)33-14-16-1-9-19(10-2-16)28(31)32/h1-13H,14H2,(H,26,29)/b21-13+. The first kappa shape index (κ1) is 24.4. The summed E-state index contributed by atoms with van der Waals surface area (Å²) in [5.41, 5.74) is 4.43. The lowest BCUT2D eigenvalue weighted by atomic mass is 10.2. The molecule has 0 atom stereocenters. The molecule has 0 unspecified atom stereocenters. The van der Waals surface area contributed by atoms with Gasteiger partial charge in [0, 0.05) is 22.7 Å². The average molecular weight is 526 g/mol.